The summed E-state index contributed by atoms with van der Waals surface area (Å²) in [6, 6.07) is 2.11. The number of hydrogen-bond donors (Lipinski definition) is 1. The molecule has 1 atom stereocenters. The monoisotopic (exact) mass is 278 g/mol. The predicted molar refractivity (Wildman–Crippen MR) is 83.5 cm³/mol. The van der Waals surface area contributed by atoms with Crippen LogP contribution >= 0.6 is 0 Å². The Morgan fingerprint density at radius 3 is 2.80 bits per heavy atom. The summed E-state index contributed by atoms with van der Waals surface area (Å²) in [6.07, 6.45) is 3.16. The van der Waals surface area contributed by atoms with E-state index in [2.05, 4.69) is 44.0 Å². The molecule has 0 spiro atoms. The number of rotatable bonds is 7. The van der Waals surface area contributed by atoms with Crippen LogP contribution in [0.4, 0.5) is 0 Å². The molecular formula is C17H30N2O. The van der Waals surface area contributed by atoms with Crippen LogP contribution in [0, 0.1) is 17.8 Å². The molecule has 1 aliphatic heterocycles. The van der Waals surface area contributed by atoms with Crippen molar-refractivity contribution < 1.29 is 4.42 Å². The van der Waals surface area contributed by atoms with Crippen LogP contribution in [0.15, 0.2) is 16.7 Å². The molecule has 1 N–H and O–H groups in total. The molecule has 0 bridgehead atoms. The number of likely N-dealkylation sites (tertiary alicyclic amines) is 1. The third-order valence-corrected chi connectivity index (χ3v) is 4.32. The van der Waals surface area contributed by atoms with E-state index in [0.717, 1.165) is 37.2 Å². The molecular weight excluding hydrogens is 248 g/mol. The van der Waals surface area contributed by atoms with Gasteiger partial charge in [0.05, 0.1) is 12.8 Å². The average molecular weight is 278 g/mol. The van der Waals surface area contributed by atoms with Gasteiger partial charge in [0.2, 0.25) is 0 Å². The summed E-state index contributed by atoms with van der Waals surface area (Å²) in [7, 11) is 0. The zero-order chi connectivity index (χ0) is 14.5. The van der Waals surface area contributed by atoms with Gasteiger partial charge in [0, 0.05) is 18.7 Å². The van der Waals surface area contributed by atoms with Crippen molar-refractivity contribution in [3.05, 3.63) is 23.7 Å². The van der Waals surface area contributed by atoms with E-state index in [0.29, 0.717) is 5.92 Å². The lowest BCUT2D eigenvalue weighted by Gasteiger charge is -2.17. The van der Waals surface area contributed by atoms with Gasteiger partial charge < -0.3 is 9.73 Å². The van der Waals surface area contributed by atoms with E-state index in [9.17, 15) is 0 Å². The molecule has 3 nitrogen and oxygen atoms in total. The minimum atomic E-state index is 0.690. The molecule has 20 heavy (non-hydrogen) atoms. The first-order chi connectivity index (χ1) is 9.56. The van der Waals surface area contributed by atoms with Crippen molar-refractivity contribution in [1.29, 1.82) is 0 Å². The van der Waals surface area contributed by atoms with Crippen molar-refractivity contribution in [2.45, 2.75) is 47.2 Å². The highest BCUT2D eigenvalue weighted by atomic mass is 16.3. The van der Waals surface area contributed by atoms with Gasteiger partial charge in [-0.2, -0.15) is 0 Å². The fourth-order valence-corrected chi connectivity index (χ4v) is 2.91. The Morgan fingerprint density at radius 1 is 1.35 bits per heavy atom. The first kappa shape index (κ1) is 15.6. The molecule has 1 aromatic rings. The fraction of sp³-hybridized carbons (Fsp3) is 0.765. The Balaban J connectivity index is 1.83. The second-order valence-electron chi connectivity index (χ2n) is 6.92. The van der Waals surface area contributed by atoms with E-state index in [4.69, 9.17) is 4.42 Å². The molecule has 0 saturated carbocycles. The van der Waals surface area contributed by atoms with Gasteiger partial charge in [-0.3, -0.25) is 4.90 Å². The number of hydrogen-bond acceptors (Lipinski definition) is 3. The quantitative estimate of drug-likeness (QED) is 0.827. The van der Waals surface area contributed by atoms with Crippen molar-refractivity contribution in [1.82, 2.24) is 10.2 Å². The first-order valence-electron chi connectivity index (χ1n) is 8.04. The number of nitrogens with zero attached hydrogens (tertiary/aromatic N) is 1. The molecule has 1 aliphatic rings. The Kier molecular flexibility index (Phi) is 5.67. The summed E-state index contributed by atoms with van der Waals surface area (Å²) >= 11 is 0. The maximum atomic E-state index is 5.70. The molecule has 2 rings (SSSR count). The molecule has 3 heteroatoms. The van der Waals surface area contributed by atoms with Gasteiger partial charge in [0.1, 0.15) is 5.76 Å². The maximum Gasteiger partial charge on any atom is 0.122 e. The van der Waals surface area contributed by atoms with Crippen LogP contribution < -0.4 is 5.32 Å². The van der Waals surface area contributed by atoms with Crippen LogP contribution in [0.3, 0.4) is 0 Å². The second-order valence-corrected chi connectivity index (χ2v) is 6.92. The highest BCUT2D eigenvalue weighted by Crippen LogP contribution is 2.25. The minimum absolute atomic E-state index is 0.690. The summed E-state index contributed by atoms with van der Waals surface area (Å²) < 4.78 is 5.70. The van der Waals surface area contributed by atoms with Crippen LogP contribution in [0.2, 0.25) is 0 Å². The van der Waals surface area contributed by atoms with Gasteiger partial charge in [-0.15, -0.1) is 0 Å². The summed E-state index contributed by atoms with van der Waals surface area (Å²) in [6.45, 7) is 14.5. The van der Waals surface area contributed by atoms with Crippen LogP contribution in [-0.4, -0.2) is 24.5 Å². The Bertz CT molecular complexity index is 397. The van der Waals surface area contributed by atoms with Crippen molar-refractivity contribution in [2.24, 2.45) is 17.8 Å². The van der Waals surface area contributed by atoms with E-state index < -0.39 is 0 Å². The molecule has 0 aromatic carbocycles. The SMILES string of the molecule is CC(C)CNCc1ccoc1CN1CCC(C(C)C)C1. The lowest BCUT2D eigenvalue weighted by molar-refractivity contribution is 0.271. The Hall–Kier alpha value is -0.800. The molecule has 0 aliphatic carbocycles. The van der Waals surface area contributed by atoms with Gasteiger partial charge in [0.15, 0.2) is 0 Å². The normalized spacial score (nSPS) is 20.4. The lowest BCUT2D eigenvalue weighted by atomic mass is 9.95. The van der Waals surface area contributed by atoms with Crippen molar-refractivity contribution in [3.63, 3.8) is 0 Å². The minimum Gasteiger partial charge on any atom is -0.468 e. The highest BCUT2D eigenvalue weighted by molar-refractivity contribution is 5.17. The summed E-state index contributed by atoms with van der Waals surface area (Å²) in [5.74, 6) is 3.48. The van der Waals surface area contributed by atoms with E-state index in [1.807, 2.05) is 6.26 Å². The van der Waals surface area contributed by atoms with Crippen molar-refractivity contribution in [3.8, 4) is 0 Å². The van der Waals surface area contributed by atoms with Crippen LogP contribution in [0.25, 0.3) is 0 Å². The summed E-state index contributed by atoms with van der Waals surface area (Å²) in [5.41, 5.74) is 1.32. The molecule has 0 radical (unpaired) electrons. The zero-order valence-corrected chi connectivity index (χ0v) is 13.5. The van der Waals surface area contributed by atoms with E-state index in [1.54, 1.807) is 0 Å². The van der Waals surface area contributed by atoms with Crippen LogP contribution in [0.5, 0.6) is 0 Å². The standard InChI is InChI=1S/C17H30N2O/c1-13(2)9-18-10-15-6-8-20-17(15)12-19-7-5-16(11-19)14(3)4/h6,8,13-14,16,18H,5,7,9-12H2,1-4H3. The summed E-state index contributed by atoms with van der Waals surface area (Å²) in [5, 5.41) is 3.50. The summed E-state index contributed by atoms with van der Waals surface area (Å²) in [4.78, 5) is 2.54. The number of furan rings is 1. The van der Waals surface area contributed by atoms with Gasteiger partial charge in [-0.25, -0.2) is 0 Å². The van der Waals surface area contributed by atoms with Crippen LogP contribution in [-0.2, 0) is 13.1 Å². The molecule has 114 valence electrons. The molecule has 1 unspecified atom stereocenters. The molecule has 1 saturated heterocycles. The van der Waals surface area contributed by atoms with Gasteiger partial charge >= 0.3 is 0 Å². The largest absolute Gasteiger partial charge is 0.468 e. The van der Waals surface area contributed by atoms with Crippen molar-refractivity contribution in [2.75, 3.05) is 19.6 Å². The fourth-order valence-electron chi connectivity index (χ4n) is 2.91. The second kappa shape index (κ2) is 7.28. The molecule has 1 fully saturated rings. The molecule has 0 amide bonds. The van der Waals surface area contributed by atoms with Gasteiger partial charge in [-0.1, -0.05) is 27.7 Å². The van der Waals surface area contributed by atoms with Gasteiger partial charge in [-0.05, 0) is 43.3 Å². The van der Waals surface area contributed by atoms with E-state index in [1.165, 1.54) is 25.1 Å². The zero-order valence-electron chi connectivity index (χ0n) is 13.5. The van der Waals surface area contributed by atoms with Gasteiger partial charge in [0.25, 0.3) is 0 Å². The van der Waals surface area contributed by atoms with Crippen molar-refractivity contribution >= 4 is 0 Å². The topological polar surface area (TPSA) is 28.4 Å². The highest BCUT2D eigenvalue weighted by Gasteiger charge is 2.25. The first-order valence-corrected chi connectivity index (χ1v) is 8.04. The predicted octanol–water partition coefficient (Wildman–Crippen LogP) is 3.50. The van der Waals surface area contributed by atoms with E-state index >= 15 is 0 Å². The Morgan fingerprint density at radius 2 is 2.15 bits per heavy atom. The smallest absolute Gasteiger partial charge is 0.122 e. The third kappa shape index (κ3) is 4.35. The lowest BCUT2D eigenvalue weighted by Crippen LogP contribution is -2.23. The average Bonchev–Trinajstić information content (AvgIpc) is 2.99. The number of nitrogens with one attached hydrogen (secondary N) is 1. The van der Waals surface area contributed by atoms with Crippen LogP contribution in [0.1, 0.15) is 45.4 Å². The third-order valence-electron chi connectivity index (χ3n) is 4.32. The molecule has 2 heterocycles. The van der Waals surface area contributed by atoms with E-state index in [-0.39, 0.29) is 0 Å². The molecule has 1 aromatic heterocycles. The Labute approximate surface area is 123 Å². The maximum absolute atomic E-state index is 5.70.